The van der Waals surface area contributed by atoms with Crippen molar-refractivity contribution in [2.24, 2.45) is 10.6 Å². The molecule has 0 radical (unpaired) electrons. The maximum Gasteiger partial charge on any atom is 0.337 e. The number of carboxylic acids is 1. The standard InChI is InChI=1S/C29H39F3N2O4Si2/c1-28(2,3)27(29(4,5)38-39(6)7)37-33-17-19-16-20(26(35)36)25(24(32)23(19)31)34-22-12-11-18(15-21(22)30)13-14-40(8,9)10/h11-12,15-17,27,34,39H,1-10H3,(H,35,36). The molecule has 6 nitrogen and oxygen atoms in total. The fourth-order valence-corrected chi connectivity index (χ4v) is 6.12. The topological polar surface area (TPSA) is 80.2 Å². The molecular weight excluding hydrogens is 553 g/mol. The van der Waals surface area contributed by atoms with Gasteiger partial charge in [-0.3, -0.25) is 0 Å². The normalized spacial score (nSPS) is 13.2. The van der Waals surface area contributed by atoms with E-state index in [9.17, 15) is 14.3 Å². The van der Waals surface area contributed by atoms with Crippen LogP contribution in [0.15, 0.2) is 29.4 Å². The second-order valence-electron chi connectivity index (χ2n) is 12.5. The van der Waals surface area contributed by atoms with E-state index in [0.717, 1.165) is 18.3 Å². The number of benzene rings is 2. The van der Waals surface area contributed by atoms with Crippen LogP contribution in [0.25, 0.3) is 0 Å². The van der Waals surface area contributed by atoms with Gasteiger partial charge in [0.2, 0.25) is 0 Å². The highest BCUT2D eigenvalue weighted by molar-refractivity contribution is 6.83. The Hall–Kier alpha value is -3.08. The fraction of sp³-hybridized carbons (Fsp3) is 0.448. The van der Waals surface area contributed by atoms with Gasteiger partial charge < -0.3 is 19.7 Å². The maximum atomic E-state index is 15.2. The molecule has 0 heterocycles. The van der Waals surface area contributed by atoms with E-state index in [1.807, 2.05) is 67.4 Å². The number of hydrogen-bond acceptors (Lipinski definition) is 5. The van der Waals surface area contributed by atoms with E-state index in [4.69, 9.17) is 9.26 Å². The molecule has 2 N–H and O–H groups in total. The molecule has 1 atom stereocenters. The van der Waals surface area contributed by atoms with E-state index < -0.39 is 74.5 Å². The number of hydrogen-bond donors (Lipinski definition) is 2. The molecule has 0 saturated heterocycles. The van der Waals surface area contributed by atoms with Crippen molar-refractivity contribution < 1.29 is 32.3 Å². The Bertz CT molecular complexity index is 1340. The first-order valence-corrected chi connectivity index (χ1v) is 19.2. The first kappa shape index (κ1) is 33.1. The minimum absolute atomic E-state index is 0.229. The van der Waals surface area contributed by atoms with Crippen molar-refractivity contribution >= 4 is 40.7 Å². The lowest BCUT2D eigenvalue weighted by atomic mass is 9.80. The Morgan fingerprint density at radius 2 is 1.73 bits per heavy atom. The Labute approximate surface area is 237 Å². The van der Waals surface area contributed by atoms with Gasteiger partial charge in [-0.15, -0.1) is 5.54 Å². The van der Waals surface area contributed by atoms with Crippen LogP contribution in [0.1, 0.15) is 56.1 Å². The largest absolute Gasteiger partial charge is 0.478 e. The molecule has 40 heavy (non-hydrogen) atoms. The second-order valence-corrected chi connectivity index (χ2v) is 19.6. The molecule has 218 valence electrons. The van der Waals surface area contributed by atoms with Crippen molar-refractivity contribution in [3.8, 4) is 11.5 Å². The molecule has 0 fully saturated rings. The number of nitrogens with zero attached hydrogens (tertiary/aromatic N) is 1. The van der Waals surface area contributed by atoms with E-state index in [2.05, 4.69) is 21.9 Å². The smallest absolute Gasteiger partial charge is 0.337 e. The van der Waals surface area contributed by atoms with Crippen molar-refractivity contribution in [3.63, 3.8) is 0 Å². The Morgan fingerprint density at radius 1 is 1.10 bits per heavy atom. The summed E-state index contributed by atoms with van der Waals surface area (Å²) in [6, 6.07) is 4.88. The third-order valence-electron chi connectivity index (χ3n) is 5.59. The van der Waals surface area contributed by atoms with Gasteiger partial charge in [0, 0.05) is 16.5 Å². The quantitative estimate of drug-likeness (QED) is 0.138. The summed E-state index contributed by atoms with van der Waals surface area (Å²) in [4.78, 5) is 17.7. The summed E-state index contributed by atoms with van der Waals surface area (Å²) in [5.74, 6) is -2.28. The molecule has 0 aliphatic carbocycles. The molecule has 0 aromatic heterocycles. The number of rotatable bonds is 9. The summed E-state index contributed by atoms with van der Waals surface area (Å²) in [5.41, 5.74) is 0.394. The van der Waals surface area contributed by atoms with Crippen LogP contribution in [0.2, 0.25) is 32.7 Å². The second kappa shape index (κ2) is 12.6. The zero-order chi connectivity index (χ0) is 30.6. The molecule has 0 aliphatic rings. The summed E-state index contributed by atoms with van der Waals surface area (Å²) in [6.07, 6.45) is 0.364. The number of oxime groups is 1. The molecule has 2 rings (SSSR count). The van der Waals surface area contributed by atoms with E-state index in [0.29, 0.717) is 5.56 Å². The first-order valence-electron chi connectivity index (χ1n) is 12.9. The number of nitrogens with one attached hydrogen (secondary N) is 1. The van der Waals surface area contributed by atoms with Gasteiger partial charge in [0.25, 0.3) is 0 Å². The monoisotopic (exact) mass is 592 g/mol. The summed E-state index contributed by atoms with van der Waals surface area (Å²) >= 11 is 0. The minimum Gasteiger partial charge on any atom is -0.478 e. The molecule has 0 amide bonds. The van der Waals surface area contributed by atoms with E-state index >= 15 is 8.78 Å². The van der Waals surface area contributed by atoms with Crippen LogP contribution in [0.3, 0.4) is 0 Å². The predicted octanol–water partition coefficient (Wildman–Crippen LogP) is 7.32. The first-order chi connectivity index (χ1) is 18.2. The SMILES string of the molecule is C[SiH](C)OC(C)(C)C(ON=Cc1cc(C(=O)O)c(Nc2ccc(C#C[Si](C)(C)C)cc2F)c(F)c1F)C(C)(C)C. The number of carboxylic acid groups (broad SMARTS) is 1. The number of carbonyl (C=O) groups is 1. The van der Waals surface area contributed by atoms with Crippen LogP contribution in [0.4, 0.5) is 24.5 Å². The van der Waals surface area contributed by atoms with E-state index in [1.54, 1.807) is 0 Å². The molecule has 11 heteroatoms. The molecule has 2 aromatic carbocycles. The molecule has 0 bridgehead atoms. The van der Waals surface area contributed by atoms with Crippen LogP contribution in [-0.2, 0) is 9.26 Å². The highest BCUT2D eigenvalue weighted by atomic mass is 28.3. The Balaban J connectivity index is 2.43. The molecule has 0 aliphatic heterocycles. The van der Waals surface area contributed by atoms with Crippen molar-refractivity contribution in [2.45, 2.75) is 79.1 Å². The van der Waals surface area contributed by atoms with Crippen LogP contribution >= 0.6 is 0 Å². The zero-order valence-electron chi connectivity index (χ0n) is 24.8. The fourth-order valence-electron chi connectivity index (χ4n) is 4.26. The zero-order valence-corrected chi connectivity index (χ0v) is 26.9. The van der Waals surface area contributed by atoms with Gasteiger partial charge in [-0.25, -0.2) is 18.0 Å². The van der Waals surface area contributed by atoms with Gasteiger partial charge in [0.1, 0.15) is 13.9 Å². The van der Waals surface area contributed by atoms with Gasteiger partial charge >= 0.3 is 5.97 Å². The lowest BCUT2D eigenvalue weighted by molar-refractivity contribution is -0.123. The third-order valence-corrected chi connectivity index (χ3v) is 7.55. The van der Waals surface area contributed by atoms with Gasteiger partial charge in [0.15, 0.2) is 26.8 Å². The van der Waals surface area contributed by atoms with Crippen LogP contribution < -0.4 is 5.32 Å². The summed E-state index contributed by atoms with van der Waals surface area (Å²) < 4.78 is 51.2. The molecule has 0 spiro atoms. The summed E-state index contributed by atoms with van der Waals surface area (Å²) in [5, 5.41) is 16.0. The van der Waals surface area contributed by atoms with Crippen molar-refractivity contribution in [2.75, 3.05) is 5.32 Å². The van der Waals surface area contributed by atoms with Gasteiger partial charge in [-0.05, 0) is 51.2 Å². The van der Waals surface area contributed by atoms with E-state index in [1.165, 1.54) is 12.1 Å². The van der Waals surface area contributed by atoms with Gasteiger partial charge in [-0.1, -0.05) is 51.5 Å². The molecular formula is C29H39F3N2O4Si2. The Morgan fingerprint density at radius 3 is 2.23 bits per heavy atom. The van der Waals surface area contributed by atoms with Crippen LogP contribution in [0, 0.1) is 34.3 Å². The third kappa shape index (κ3) is 8.97. The number of aromatic carboxylic acids is 1. The lowest BCUT2D eigenvalue weighted by Crippen LogP contribution is -2.49. The highest BCUT2D eigenvalue weighted by Gasteiger charge is 2.42. The highest BCUT2D eigenvalue weighted by Crippen LogP contribution is 2.34. The van der Waals surface area contributed by atoms with Crippen molar-refractivity contribution in [3.05, 3.63) is 58.4 Å². The summed E-state index contributed by atoms with van der Waals surface area (Å²) in [6.45, 7) is 19.7. The average Bonchev–Trinajstić information content (AvgIpc) is 2.78. The number of halogens is 3. The van der Waals surface area contributed by atoms with Crippen molar-refractivity contribution in [1.29, 1.82) is 0 Å². The molecule has 0 saturated carbocycles. The average molecular weight is 593 g/mol. The lowest BCUT2D eigenvalue weighted by Gasteiger charge is -2.41. The molecule has 1 unspecified atom stereocenters. The van der Waals surface area contributed by atoms with E-state index in [-0.39, 0.29) is 5.69 Å². The van der Waals surface area contributed by atoms with Gasteiger partial charge in [0.05, 0.1) is 28.8 Å². The summed E-state index contributed by atoms with van der Waals surface area (Å²) in [7, 11) is -3.14. The predicted molar refractivity (Wildman–Crippen MR) is 159 cm³/mol. The Kier molecular flexibility index (Phi) is 10.5. The maximum absolute atomic E-state index is 15.2. The van der Waals surface area contributed by atoms with Crippen molar-refractivity contribution in [1.82, 2.24) is 0 Å². The van der Waals surface area contributed by atoms with Gasteiger partial charge in [-0.2, -0.15) is 0 Å². The molecule has 2 aromatic rings. The minimum atomic E-state index is -1.69. The number of anilines is 2. The van der Waals surface area contributed by atoms with Crippen LogP contribution in [-0.4, -0.2) is 46.1 Å². The van der Waals surface area contributed by atoms with Crippen LogP contribution in [0.5, 0.6) is 0 Å².